The molecule has 2 rings (SSSR count). The van der Waals surface area contributed by atoms with Crippen LogP contribution in [0.1, 0.15) is 37.4 Å². The average Bonchev–Trinajstić information content (AvgIpc) is 2.78. The summed E-state index contributed by atoms with van der Waals surface area (Å²) >= 11 is 2.25. The molecule has 1 aromatic carbocycles. The molecule has 0 aliphatic heterocycles. The van der Waals surface area contributed by atoms with E-state index >= 15 is 0 Å². The highest BCUT2D eigenvalue weighted by Crippen LogP contribution is 2.19. The predicted octanol–water partition coefficient (Wildman–Crippen LogP) is 2.74. The van der Waals surface area contributed by atoms with Gasteiger partial charge in [-0.25, -0.2) is 9.67 Å². The predicted molar refractivity (Wildman–Crippen MR) is 78.2 cm³/mol. The second-order valence-electron chi connectivity index (χ2n) is 4.49. The zero-order valence-electron chi connectivity index (χ0n) is 10.4. The molecule has 2 aromatic rings. The third kappa shape index (κ3) is 3.08. The molecule has 1 heterocycles. The Morgan fingerprint density at radius 1 is 1.28 bits per heavy atom. The Bertz CT molecular complexity index is 507. The zero-order chi connectivity index (χ0) is 13.1. The minimum Gasteiger partial charge on any atom is -0.388 e. The molecule has 1 unspecified atom stereocenters. The minimum atomic E-state index is -0.538. The molecule has 1 N–H and O–H groups in total. The van der Waals surface area contributed by atoms with Gasteiger partial charge in [0.25, 0.3) is 0 Å². The molecule has 1 atom stereocenters. The lowest BCUT2D eigenvalue weighted by atomic mass is 10.1. The molecule has 0 spiro atoms. The van der Waals surface area contributed by atoms with E-state index in [0.29, 0.717) is 6.42 Å². The SMILES string of the molecule is CC(C)n1ncnc1CC(O)c1ccc(I)cc1. The Kier molecular flexibility index (Phi) is 4.34. The van der Waals surface area contributed by atoms with Gasteiger partial charge in [-0.1, -0.05) is 12.1 Å². The number of halogens is 1. The monoisotopic (exact) mass is 357 g/mol. The summed E-state index contributed by atoms with van der Waals surface area (Å²) in [6, 6.07) is 8.13. The second kappa shape index (κ2) is 5.79. The van der Waals surface area contributed by atoms with E-state index in [-0.39, 0.29) is 6.04 Å². The van der Waals surface area contributed by atoms with Gasteiger partial charge < -0.3 is 5.11 Å². The Labute approximate surface area is 120 Å². The normalized spacial score (nSPS) is 12.9. The van der Waals surface area contributed by atoms with E-state index in [9.17, 15) is 5.11 Å². The van der Waals surface area contributed by atoms with Crippen molar-refractivity contribution in [2.24, 2.45) is 0 Å². The highest BCUT2D eigenvalue weighted by atomic mass is 127. The van der Waals surface area contributed by atoms with Gasteiger partial charge in [-0.2, -0.15) is 5.10 Å². The topological polar surface area (TPSA) is 50.9 Å². The Morgan fingerprint density at radius 3 is 2.56 bits per heavy atom. The lowest BCUT2D eigenvalue weighted by molar-refractivity contribution is 0.173. The van der Waals surface area contributed by atoms with Gasteiger partial charge >= 0.3 is 0 Å². The number of aromatic nitrogens is 3. The van der Waals surface area contributed by atoms with Gasteiger partial charge in [-0.3, -0.25) is 0 Å². The van der Waals surface area contributed by atoms with Crippen LogP contribution >= 0.6 is 22.6 Å². The van der Waals surface area contributed by atoms with Crippen LogP contribution in [0.25, 0.3) is 0 Å². The molecule has 0 aliphatic rings. The van der Waals surface area contributed by atoms with Crippen molar-refractivity contribution in [3.63, 3.8) is 0 Å². The molecule has 0 aliphatic carbocycles. The second-order valence-corrected chi connectivity index (χ2v) is 5.73. The van der Waals surface area contributed by atoms with Crippen molar-refractivity contribution in [2.75, 3.05) is 0 Å². The molecule has 0 fully saturated rings. The Hall–Kier alpha value is -0.950. The molecule has 5 heteroatoms. The van der Waals surface area contributed by atoms with Crippen LogP contribution in [0.2, 0.25) is 0 Å². The van der Waals surface area contributed by atoms with Gasteiger partial charge in [-0.15, -0.1) is 0 Å². The van der Waals surface area contributed by atoms with Crippen molar-refractivity contribution in [1.29, 1.82) is 0 Å². The summed E-state index contributed by atoms with van der Waals surface area (Å²) in [6.07, 6.45) is 1.48. The lowest BCUT2D eigenvalue weighted by Crippen LogP contribution is -2.12. The van der Waals surface area contributed by atoms with Crippen molar-refractivity contribution in [3.8, 4) is 0 Å². The molecule has 0 amide bonds. The molecule has 1 aromatic heterocycles. The summed E-state index contributed by atoms with van der Waals surface area (Å²) in [4.78, 5) is 4.21. The number of hydrogen-bond acceptors (Lipinski definition) is 3. The van der Waals surface area contributed by atoms with Gasteiger partial charge in [0, 0.05) is 16.0 Å². The first kappa shape index (κ1) is 13.5. The average molecular weight is 357 g/mol. The van der Waals surface area contributed by atoms with Crippen LogP contribution in [0.5, 0.6) is 0 Å². The maximum absolute atomic E-state index is 10.2. The fourth-order valence-electron chi connectivity index (χ4n) is 1.83. The fourth-order valence-corrected chi connectivity index (χ4v) is 2.19. The number of hydrogen-bond donors (Lipinski definition) is 1. The van der Waals surface area contributed by atoms with Crippen LogP contribution in [0.3, 0.4) is 0 Å². The molecule has 0 saturated carbocycles. The Balaban J connectivity index is 2.13. The molecule has 18 heavy (non-hydrogen) atoms. The van der Waals surface area contributed by atoms with Gasteiger partial charge in [-0.05, 0) is 54.1 Å². The number of benzene rings is 1. The highest BCUT2D eigenvalue weighted by Gasteiger charge is 2.14. The largest absolute Gasteiger partial charge is 0.388 e. The molecule has 4 nitrogen and oxygen atoms in total. The van der Waals surface area contributed by atoms with Gasteiger partial charge in [0.05, 0.1) is 6.10 Å². The van der Waals surface area contributed by atoms with Crippen molar-refractivity contribution >= 4 is 22.6 Å². The molecule has 96 valence electrons. The molecule has 0 radical (unpaired) electrons. The summed E-state index contributed by atoms with van der Waals surface area (Å²) in [6.45, 7) is 4.10. The quantitative estimate of drug-likeness (QED) is 0.857. The van der Waals surface area contributed by atoms with E-state index in [1.54, 1.807) is 0 Å². The molecular formula is C13H16IN3O. The van der Waals surface area contributed by atoms with E-state index < -0.39 is 6.10 Å². The van der Waals surface area contributed by atoms with Crippen LogP contribution < -0.4 is 0 Å². The van der Waals surface area contributed by atoms with Crippen molar-refractivity contribution < 1.29 is 5.11 Å². The smallest absolute Gasteiger partial charge is 0.138 e. The Morgan fingerprint density at radius 2 is 1.94 bits per heavy atom. The maximum atomic E-state index is 10.2. The highest BCUT2D eigenvalue weighted by molar-refractivity contribution is 14.1. The molecular weight excluding hydrogens is 341 g/mol. The standard InChI is InChI=1S/C13H16IN3O/c1-9(2)17-13(15-8-16-17)7-12(18)10-3-5-11(14)6-4-10/h3-6,8-9,12,18H,7H2,1-2H3. The summed E-state index contributed by atoms with van der Waals surface area (Å²) in [7, 11) is 0. The van der Waals surface area contributed by atoms with E-state index in [1.165, 1.54) is 6.33 Å². The summed E-state index contributed by atoms with van der Waals surface area (Å²) in [5.74, 6) is 0.816. The van der Waals surface area contributed by atoms with Gasteiger partial charge in [0.1, 0.15) is 12.2 Å². The van der Waals surface area contributed by atoms with Gasteiger partial charge in [0.15, 0.2) is 0 Å². The number of aliphatic hydroxyl groups excluding tert-OH is 1. The van der Waals surface area contributed by atoms with Crippen LogP contribution in [-0.4, -0.2) is 19.9 Å². The van der Waals surface area contributed by atoms with Gasteiger partial charge in [0.2, 0.25) is 0 Å². The van der Waals surface area contributed by atoms with Crippen molar-refractivity contribution in [3.05, 3.63) is 45.6 Å². The lowest BCUT2D eigenvalue weighted by Gasteiger charge is -2.13. The van der Waals surface area contributed by atoms with Crippen LogP contribution in [0.15, 0.2) is 30.6 Å². The summed E-state index contributed by atoms with van der Waals surface area (Å²) < 4.78 is 3.00. The number of aliphatic hydroxyl groups is 1. The minimum absolute atomic E-state index is 0.256. The van der Waals surface area contributed by atoms with Crippen molar-refractivity contribution in [2.45, 2.75) is 32.4 Å². The van der Waals surface area contributed by atoms with Crippen LogP contribution in [0.4, 0.5) is 0 Å². The third-order valence-corrected chi connectivity index (χ3v) is 3.49. The van der Waals surface area contributed by atoms with Crippen LogP contribution in [-0.2, 0) is 6.42 Å². The third-order valence-electron chi connectivity index (χ3n) is 2.77. The van der Waals surface area contributed by atoms with Crippen LogP contribution in [0, 0.1) is 3.57 Å². The van der Waals surface area contributed by atoms with E-state index in [4.69, 9.17) is 0 Å². The van der Waals surface area contributed by atoms with E-state index in [1.807, 2.05) is 28.9 Å². The first-order chi connectivity index (χ1) is 8.58. The van der Waals surface area contributed by atoms with E-state index in [2.05, 4.69) is 46.5 Å². The molecule has 0 saturated heterocycles. The van der Waals surface area contributed by atoms with Crippen molar-refractivity contribution in [1.82, 2.24) is 14.8 Å². The maximum Gasteiger partial charge on any atom is 0.138 e. The first-order valence-electron chi connectivity index (χ1n) is 5.90. The summed E-state index contributed by atoms with van der Waals surface area (Å²) in [5.41, 5.74) is 0.911. The zero-order valence-corrected chi connectivity index (χ0v) is 12.6. The fraction of sp³-hybridized carbons (Fsp3) is 0.385. The first-order valence-corrected chi connectivity index (χ1v) is 6.97. The molecule has 0 bridgehead atoms. The van der Waals surface area contributed by atoms with E-state index in [0.717, 1.165) is 15.0 Å². The summed E-state index contributed by atoms with van der Waals surface area (Å²) in [5, 5.41) is 14.4. The number of rotatable bonds is 4. The number of nitrogens with zero attached hydrogens (tertiary/aromatic N) is 3.